The maximum absolute atomic E-state index is 12.9. The minimum absolute atomic E-state index is 0. The van der Waals surface area contributed by atoms with Crippen molar-refractivity contribution in [3.8, 4) is 0 Å². The predicted molar refractivity (Wildman–Crippen MR) is 124 cm³/mol. The SMILES string of the molecule is CSCc1nc(CCNC(=O)c2ccc3n(c2=O)C[C@@H]2CNC[C@H]3C2)cs1.Cl.Cl. The number of thiazole rings is 1. The number of hydrogen-bond acceptors (Lipinski definition) is 6. The Morgan fingerprint density at radius 1 is 1.38 bits per heavy atom. The van der Waals surface area contributed by atoms with Crippen molar-refractivity contribution >= 4 is 53.8 Å². The van der Waals surface area contributed by atoms with Gasteiger partial charge >= 0.3 is 0 Å². The molecule has 2 aliphatic heterocycles. The third-order valence-corrected chi connectivity index (χ3v) is 6.93. The Labute approximate surface area is 191 Å². The molecule has 0 aromatic carbocycles. The average Bonchev–Trinajstić information content (AvgIpc) is 3.10. The van der Waals surface area contributed by atoms with Crippen LogP contribution < -0.4 is 16.2 Å². The van der Waals surface area contributed by atoms with Crippen molar-refractivity contribution in [2.24, 2.45) is 5.92 Å². The Bertz CT molecular complexity index is 903. The molecule has 2 aromatic heterocycles. The van der Waals surface area contributed by atoms with Crippen LogP contribution in [0.15, 0.2) is 22.3 Å². The fourth-order valence-corrected chi connectivity index (χ4v) is 5.57. The second kappa shape index (κ2) is 10.8. The van der Waals surface area contributed by atoms with Crippen LogP contribution in [0.4, 0.5) is 0 Å². The second-order valence-corrected chi connectivity index (χ2v) is 9.02. The van der Waals surface area contributed by atoms with Gasteiger partial charge in [-0.15, -0.1) is 36.2 Å². The minimum Gasteiger partial charge on any atom is -0.351 e. The van der Waals surface area contributed by atoms with Gasteiger partial charge in [0, 0.05) is 48.8 Å². The first-order valence-corrected chi connectivity index (χ1v) is 11.6. The number of piperidine rings is 1. The van der Waals surface area contributed by atoms with Gasteiger partial charge in [0.25, 0.3) is 11.5 Å². The highest BCUT2D eigenvalue weighted by Crippen LogP contribution is 2.31. The summed E-state index contributed by atoms with van der Waals surface area (Å²) in [5.74, 6) is 1.49. The Kier molecular flexibility index (Phi) is 9.03. The van der Waals surface area contributed by atoms with E-state index in [0.29, 0.717) is 31.3 Å². The second-order valence-electron chi connectivity index (χ2n) is 7.22. The number of thioether (sulfide) groups is 1. The number of halogens is 2. The smallest absolute Gasteiger partial charge is 0.263 e. The number of pyridine rings is 1. The van der Waals surface area contributed by atoms with Crippen LogP contribution in [0.5, 0.6) is 0 Å². The molecule has 2 aliphatic rings. The lowest BCUT2D eigenvalue weighted by molar-refractivity contribution is 0.0951. The van der Waals surface area contributed by atoms with Crippen molar-refractivity contribution in [2.75, 3.05) is 25.9 Å². The summed E-state index contributed by atoms with van der Waals surface area (Å²) in [5.41, 5.74) is 2.14. The number of carbonyl (C=O) groups is 1. The number of hydrogen-bond donors (Lipinski definition) is 2. The van der Waals surface area contributed by atoms with Crippen molar-refractivity contribution in [3.63, 3.8) is 0 Å². The molecule has 0 saturated carbocycles. The van der Waals surface area contributed by atoms with E-state index in [-0.39, 0.29) is 41.8 Å². The number of nitrogens with zero attached hydrogens (tertiary/aromatic N) is 2. The largest absolute Gasteiger partial charge is 0.351 e. The molecule has 2 bridgehead atoms. The zero-order valence-electron chi connectivity index (χ0n) is 16.2. The number of nitrogens with one attached hydrogen (secondary N) is 2. The summed E-state index contributed by atoms with van der Waals surface area (Å²) in [6.45, 7) is 3.05. The van der Waals surface area contributed by atoms with Crippen LogP contribution in [-0.4, -0.2) is 41.3 Å². The van der Waals surface area contributed by atoms with E-state index in [1.807, 2.05) is 16.0 Å². The lowest BCUT2D eigenvalue weighted by atomic mass is 9.84. The highest BCUT2D eigenvalue weighted by Gasteiger charge is 2.31. The Balaban J connectivity index is 0.00000150. The molecule has 4 rings (SSSR count). The molecule has 1 amide bonds. The van der Waals surface area contributed by atoms with Crippen LogP contribution in [0.3, 0.4) is 0 Å². The number of fused-ring (bicyclic) bond motifs is 4. The first-order valence-electron chi connectivity index (χ1n) is 9.30. The van der Waals surface area contributed by atoms with E-state index < -0.39 is 0 Å². The summed E-state index contributed by atoms with van der Waals surface area (Å²) in [6, 6.07) is 3.65. The summed E-state index contributed by atoms with van der Waals surface area (Å²) in [6.07, 6.45) is 3.87. The van der Waals surface area contributed by atoms with Gasteiger partial charge in [-0.25, -0.2) is 4.98 Å². The van der Waals surface area contributed by atoms with Crippen LogP contribution in [0, 0.1) is 5.92 Å². The van der Waals surface area contributed by atoms with E-state index in [0.717, 1.165) is 41.7 Å². The molecule has 0 aliphatic carbocycles. The van der Waals surface area contributed by atoms with Crippen LogP contribution in [-0.2, 0) is 18.7 Å². The first kappa shape index (κ1) is 24.2. The van der Waals surface area contributed by atoms with E-state index in [2.05, 4.69) is 21.9 Å². The van der Waals surface area contributed by atoms with Gasteiger partial charge in [0.05, 0.1) is 5.69 Å². The molecule has 160 valence electrons. The van der Waals surface area contributed by atoms with E-state index in [9.17, 15) is 9.59 Å². The van der Waals surface area contributed by atoms with Crippen molar-refractivity contribution in [1.29, 1.82) is 0 Å². The maximum Gasteiger partial charge on any atom is 0.263 e. The average molecular weight is 477 g/mol. The Morgan fingerprint density at radius 3 is 3.00 bits per heavy atom. The van der Waals surface area contributed by atoms with Crippen molar-refractivity contribution in [2.45, 2.75) is 31.1 Å². The van der Waals surface area contributed by atoms with Gasteiger partial charge in [0.15, 0.2) is 0 Å². The number of rotatable bonds is 6. The van der Waals surface area contributed by atoms with Gasteiger partial charge in [-0.1, -0.05) is 0 Å². The van der Waals surface area contributed by atoms with Gasteiger partial charge in [-0.05, 0) is 37.3 Å². The van der Waals surface area contributed by atoms with Gasteiger partial charge in [-0.2, -0.15) is 11.8 Å². The zero-order chi connectivity index (χ0) is 18.8. The van der Waals surface area contributed by atoms with Crippen LogP contribution in [0.1, 0.15) is 39.1 Å². The molecule has 0 radical (unpaired) electrons. The summed E-state index contributed by atoms with van der Waals surface area (Å²) in [7, 11) is 0. The zero-order valence-corrected chi connectivity index (χ0v) is 19.4. The number of amides is 1. The molecule has 4 heterocycles. The van der Waals surface area contributed by atoms with Crippen molar-refractivity contribution < 1.29 is 4.79 Å². The summed E-state index contributed by atoms with van der Waals surface area (Å²) >= 11 is 3.40. The molecular weight excluding hydrogens is 451 g/mol. The van der Waals surface area contributed by atoms with Gasteiger partial charge in [-0.3, -0.25) is 9.59 Å². The van der Waals surface area contributed by atoms with Crippen LogP contribution in [0.25, 0.3) is 0 Å². The topological polar surface area (TPSA) is 76.0 Å². The highest BCUT2D eigenvalue weighted by molar-refractivity contribution is 7.97. The lowest BCUT2D eigenvalue weighted by Gasteiger charge is -2.37. The normalized spacial score (nSPS) is 19.5. The Hall–Kier alpha value is -1.06. The monoisotopic (exact) mass is 476 g/mol. The minimum atomic E-state index is -0.288. The van der Waals surface area contributed by atoms with Crippen LogP contribution in [0.2, 0.25) is 0 Å². The number of carbonyl (C=O) groups excluding carboxylic acids is 1. The van der Waals surface area contributed by atoms with Crippen molar-refractivity contribution in [1.82, 2.24) is 20.2 Å². The third kappa shape index (κ3) is 5.35. The Morgan fingerprint density at radius 2 is 2.21 bits per heavy atom. The molecule has 1 fully saturated rings. The molecule has 6 nitrogen and oxygen atoms in total. The maximum atomic E-state index is 12.9. The highest BCUT2D eigenvalue weighted by atomic mass is 35.5. The van der Waals surface area contributed by atoms with Crippen molar-refractivity contribution in [3.05, 3.63) is 49.8 Å². The van der Waals surface area contributed by atoms with E-state index >= 15 is 0 Å². The van der Waals surface area contributed by atoms with E-state index in [4.69, 9.17) is 0 Å². The predicted octanol–water partition coefficient (Wildman–Crippen LogP) is 2.69. The molecule has 2 aromatic rings. The number of aromatic nitrogens is 2. The van der Waals surface area contributed by atoms with Crippen LogP contribution >= 0.6 is 47.9 Å². The molecule has 29 heavy (non-hydrogen) atoms. The molecule has 2 atom stereocenters. The van der Waals surface area contributed by atoms with Gasteiger partial charge in [0.2, 0.25) is 0 Å². The molecule has 1 saturated heterocycles. The summed E-state index contributed by atoms with van der Waals surface area (Å²) < 4.78 is 1.82. The molecular formula is C19H26Cl2N4O2S2. The van der Waals surface area contributed by atoms with Gasteiger partial charge < -0.3 is 15.2 Å². The molecule has 2 N–H and O–H groups in total. The van der Waals surface area contributed by atoms with E-state index in [1.54, 1.807) is 29.2 Å². The standard InChI is InChI=1S/C19H24N4O2S2.2ClH/c1-26-11-17-22-14(10-27-17)4-5-21-18(24)15-2-3-16-13-6-12(7-20-8-13)9-23(16)19(15)25;;/h2-3,10,12-13,20H,4-9,11H2,1H3,(H,21,24);2*1H/t12-,13+;;/m0../s1. The molecule has 10 heteroatoms. The molecule has 0 spiro atoms. The first-order chi connectivity index (χ1) is 13.2. The van der Waals surface area contributed by atoms with Gasteiger partial charge in [0.1, 0.15) is 10.6 Å². The fourth-order valence-electron chi connectivity index (χ4n) is 4.02. The quantitative estimate of drug-likeness (QED) is 0.669. The van der Waals surface area contributed by atoms with E-state index in [1.165, 1.54) is 0 Å². The summed E-state index contributed by atoms with van der Waals surface area (Å²) in [5, 5.41) is 9.47. The molecule has 0 unspecified atom stereocenters. The summed E-state index contributed by atoms with van der Waals surface area (Å²) in [4.78, 5) is 30.0. The lowest BCUT2D eigenvalue weighted by Crippen LogP contribution is -2.46. The fraction of sp³-hybridized carbons (Fsp3) is 0.526. The third-order valence-electron chi connectivity index (χ3n) is 5.29.